The summed E-state index contributed by atoms with van der Waals surface area (Å²) in [6.07, 6.45) is 6.54. The van der Waals surface area contributed by atoms with E-state index in [1.54, 1.807) is 0 Å². The van der Waals surface area contributed by atoms with Gasteiger partial charge in [0.1, 0.15) is 5.75 Å². The first-order chi connectivity index (χ1) is 13.7. The highest BCUT2D eigenvalue weighted by Crippen LogP contribution is 2.31. The van der Waals surface area contributed by atoms with Crippen molar-refractivity contribution in [3.8, 4) is 5.75 Å². The molecule has 1 aliphatic carbocycles. The number of ether oxygens (including phenoxy) is 1. The molecule has 1 heterocycles. The number of piperazine rings is 1. The third-order valence-corrected chi connectivity index (χ3v) is 5.49. The van der Waals surface area contributed by atoms with Gasteiger partial charge in [0.2, 0.25) is 0 Å². The van der Waals surface area contributed by atoms with Gasteiger partial charge in [-0.2, -0.15) is 0 Å². The molecule has 28 heavy (non-hydrogen) atoms. The maximum absolute atomic E-state index is 5.82. The summed E-state index contributed by atoms with van der Waals surface area (Å²) in [6, 6.07) is 9.22. The van der Waals surface area contributed by atoms with Crippen LogP contribution in [0.3, 0.4) is 0 Å². The summed E-state index contributed by atoms with van der Waals surface area (Å²) in [6.45, 7) is 16.4. The van der Waals surface area contributed by atoms with E-state index in [2.05, 4.69) is 47.9 Å². The zero-order chi connectivity index (χ0) is 20.8. The monoisotopic (exact) mass is 391 g/mol. The summed E-state index contributed by atoms with van der Waals surface area (Å²) < 4.78 is 5.79. The van der Waals surface area contributed by atoms with Crippen molar-refractivity contribution in [2.75, 3.05) is 44.2 Å². The van der Waals surface area contributed by atoms with Crippen LogP contribution in [0.25, 0.3) is 0 Å². The van der Waals surface area contributed by atoms with Crippen LogP contribution in [0.5, 0.6) is 5.75 Å². The fourth-order valence-corrected chi connectivity index (χ4v) is 4.07. The van der Waals surface area contributed by atoms with Crippen molar-refractivity contribution in [2.24, 2.45) is 11.7 Å². The van der Waals surface area contributed by atoms with Crippen LogP contribution in [0, 0.1) is 5.92 Å². The van der Waals surface area contributed by atoms with E-state index >= 15 is 0 Å². The first kappa shape index (κ1) is 24.8. The molecule has 0 amide bonds. The Labute approximate surface area is 174 Å². The van der Waals surface area contributed by atoms with Gasteiger partial charge in [-0.3, -0.25) is 4.90 Å². The van der Waals surface area contributed by atoms with Crippen LogP contribution in [0.2, 0.25) is 0 Å². The Morgan fingerprint density at radius 3 is 2.04 bits per heavy atom. The Kier molecular flexibility index (Phi) is 13.0. The summed E-state index contributed by atoms with van der Waals surface area (Å²) in [7, 11) is 0. The molecule has 3 rings (SSSR count). The van der Waals surface area contributed by atoms with E-state index in [0.29, 0.717) is 0 Å². The summed E-state index contributed by atoms with van der Waals surface area (Å²) in [5.74, 6) is 1.79. The molecular formula is C24H45N3O. The van der Waals surface area contributed by atoms with Crippen molar-refractivity contribution < 1.29 is 4.74 Å². The molecule has 2 aliphatic rings. The molecule has 1 saturated heterocycles. The number of hydrogen-bond donors (Lipinski definition) is 1. The van der Waals surface area contributed by atoms with Crippen LogP contribution in [0.15, 0.2) is 24.3 Å². The molecule has 0 spiro atoms. The van der Waals surface area contributed by atoms with Crippen LogP contribution >= 0.6 is 0 Å². The molecule has 0 aromatic heterocycles. The number of hydrogen-bond acceptors (Lipinski definition) is 4. The Balaban J connectivity index is 0.000000717. The van der Waals surface area contributed by atoms with Crippen molar-refractivity contribution in [3.63, 3.8) is 0 Å². The van der Waals surface area contributed by atoms with Gasteiger partial charge >= 0.3 is 0 Å². The molecular weight excluding hydrogens is 346 g/mol. The number of rotatable bonds is 5. The summed E-state index contributed by atoms with van der Waals surface area (Å²) in [4.78, 5) is 5.18. The smallest absolute Gasteiger partial charge is 0.142 e. The van der Waals surface area contributed by atoms with Crippen molar-refractivity contribution in [1.82, 2.24) is 4.90 Å². The highest BCUT2D eigenvalue weighted by molar-refractivity contribution is 5.58. The lowest BCUT2D eigenvalue weighted by atomic mass is 9.85. The minimum absolute atomic E-state index is 0.724. The zero-order valence-corrected chi connectivity index (χ0v) is 19.1. The average Bonchev–Trinajstić information content (AvgIpc) is 2.77. The summed E-state index contributed by atoms with van der Waals surface area (Å²) >= 11 is 0. The van der Waals surface area contributed by atoms with Crippen molar-refractivity contribution in [3.05, 3.63) is 24.3 Å². The second-order valence-electron chi connectivity index (χ2n) is 7.54. The summed E-state index contributed by atoms with van der Waals surface area (Å²) in [5, 5.41) is 0. The minimum atomic E-state index is 0.724. The molecule has 0 atom stereocenters. The predicted octanol–water partition coefficient (Wildman–Crippen LogP) is 5.17. The second-order valence-corrected chi connectivity index (χ2v) is 7.54. The lowest BCUT2D eigenvalue weighted by Gasteiger charge is -2.42. The largest absolute Gasteiger partial charge is 0.492 e. The van der Waals surface area contributed by atoms with Gasteiger partial charge in [-0.1, -0.05) is 46.2 Å². The lowest BCUT2D eigenvalue weighted by molar-refractivity contribution is 0.130. The van der Waals surface area contributed by atoms with Crippen LogP contribution in [-0.2, 0) is 0 Å². The first-order valence-corrected chi connectivity index (χ1v) is 11.6. The maximum atomic E-state index is 5.82. The van der Waals surface area contributed by atoms with Gasteiger partial charge in [0.05, 0.1) is 12.3 Å². The van der Waals surface area contributed by atoms with Crippen LogP contribution in [0.4, 0.5) is 5.69 Å². The Bertz CT molecular complexity index is 492. The predicted molar refractivity (Wildman–Crippen MR) is 124 cm³/mol. The Hall–Kier alpha value is -1.26. The van der Waals surface area contributed by atoms with Gasteiger partial charge in [0.15, 0.2) is 0 Å². The topological polar surface area (TPSA) is 41.7 Å². The fourth-order valence-electron chi connectivity index (χ4n) is 4.07. The van der Waals surface area contributed by atoms with Crippen LogP contribution in [-0.4, -0.2) is 50.3 Å². The normalized spacial score (nSPS) is 22.4. The SMILES string of the molecule is CC.CCC.CCOc1ccccc1N1CCN(C2CCC(CN)CC2)CC1. The molecule has 2 fully saturated rings. The Morgan fingerprint density at radius 2 is 1.50 bits per heavy atom. The van der Waals surface area contributed by atoms with Gasteiger partial charge in [0.25, 0.3) is 0 Å². The summed E-state index contributed by atoms with van der Waals surface area (Å²) in [5.41, 5.74) is 7.07. The van der Waals surface area contributed by atoms with E-state index in [1.807, 2.05) is 20.8 Å². The zero-order valence-electron chi connectivity index (χ0n) is 19.1. The van der Waals surface area contributed by atoms with Gasteiger partial charge in [0, 0.05) is 32.2 Å². The molecule has 4 nitrogen and oxygen atoms in total. The molecule has 0 unspecified atom stereocenters. The van der Waals surface area contributed by atoms with Crippen molar-refractivity contribution >= 4 is 5.69 Å². The van der Waals surface area contributed by atoms with Crippen molar-refractivity contribution in [1.29, 1.82) is 0 Å². The molecule has 2 N–H and O–H groups in total. The molecule has 1 aromatic rings. The van der Waals surface area contributed by atoms with Gasteiger partial charge in [-0.25, -0.2) is 0 Å². The third-order valence-electron chi connectivity index (χ3n) is 5.49. The standard InChI is InChI=1S/C19H31N3O.C3H8.C2H6/c1-2-23-19-6-4-3-5-18(19)22-13-11-21(12-14-22)17-9-7-16(15-20)8-10-17;1-3-2;1-2/h3-6,16-17H,2,7-15,20H2,1H3;3H2,1-2H3;1-2H3. The van der Waals surface area contributed by atoms with Gasteiger partial charge in [-0.05, 0) is 57.2 Å². The van der Waals surface area contributed by atoms with E-state index in [4.69, 9.17) is 10.5 Å². The number of anilines is 1. The van der Waals surface area contributed by atoms with E-state index < -0.39 is 0 Å². The molecule has 1 aromatic carbocycles. The fraction of sp³-hybridized carbons (Fsp3) is 0.750. The number of benzene rings is 1. The first-order valence-electron chi connectivity index (χ1n) is 11.6. The number of nitrogens with two attached hydrogens (primary N) is 1. The molecule has 1 aliphatic heterocycles. The van der Waals surface area contributed by atoms with Crippen LogP contribution < -0.4 is 15.4 Å². The molecule has 0 radical (unpaired) electrons. The molecule has 162 valence electrons. The Morgan fingerprint density at radius 1 is 0.929 bits per heavy atom. The van der Waals surface area contributed by atoms with E-state index in [1.165, 1.54) is 50.9 Å². The lowest BCUT2D eigenvalue weighted by Crippen LogP contribution is -2.51. The highest BCUT2D eigenvalue weighted by atomic mass is 16.5. The van der Waals surface area contributed by atoms with E-state index in [-0.39, 0.29) is 0 Å². The highest BCUT2D eigenvalue weighted by Gasteiger charge is 2.28. The minimum Gasteiger partial charge on any atom is -0.492 e. The second kappa shape index (κ2) is 14.7. The van der Waals surface area contributed by atoms with E-state index in [9.17, 15) is 0 Å². The maximum Gasteiger partial charge on any atom is 0.142 e. The number of nitrogens with zero attached hydrogens (tertiary/aromatic N) is 2. The quantitative estimate of drug-likeness (QED) is 0.752. The molecule has 0 bridgehead atoms. The molecule has 4 heteroatoms. The third kappa shape index (κ3) is 7.63. The van der Waals surface area contributed by atoms with Gasteiger partial charge in [-0.15, -0.1) is 0 Å². The number of para-hydroxylation sites is 2. The van der Waals surface area contributed by atoms with Gasteiger partial charge < -0.3 is 15.4 Å². The van der Waals surface area contributed by atoms with E-state index in [0.717, 1.165) is 44.0 Å². The molecule has 1 saturated carbocycles. The van der Waals surface area contributed by atoms with Crippen LogP contribution in [0.1, 0.15) is 66.7 Å². The van der Waals surface area contributed by atoms with Crippen molar-refractivity contribution in [2.45, 2.75) is 72.8 Å². The average molecular weight is 392 g/mol.